The van der Waals surface area contributed by atoms with Crippen molar-refractivity contribution in [2.45, 2.75) is 12.5 Å². The maximum absolute atomic E-state index is 12.7. The van der Waals surface area contributed by atoms with Gasteiger partial charge in [-0.15, -0.1) is 0 Å². The molecule has 1 atom stereocenters. The van der Waals surface area contributed by atoms with E-state index in [1.54, 1.807) is 14.2 Å². The van der Waals surface area contributed by atoms with Crippen LogP contribution in [-0.2, 0) is 16.0 Å². The van der Waals surface area contributed by atoms with Crippen molar-refractivity contribution in [2.24, 2.45) is 0 Å². The molecule has 0 aromatic heterocycles. The second-order valence-electron chi connectivity index (χ2n) is 5.98. The molecule has 0 spiro atoms. The zero-order valence-corrected chi connectivity index (χ0v) is 14.6. The van der Waals surface area contributed by atoms with Crippen molar-refractivity contribution in [3.63, 3.8) is 0 Å². The molecule has 1 saturated heterocycles. The summed E-state index contributed by atoms with van der Waals surface area (Å²) in [6, 6.07) is 15.6. The largest absolute Gasteiger partial charge is 0.493 e. The van der Waals surface area contributed by atoms with E-state index >= 15 is 0 Å². The minimum absolute atomic E-state index is 0.0655. The Morgan fingerprint density at radius 1 is 1.12 bits per heavy atom. The molecule has 1 amide bonds. The Morgan fingerprint density at radius 3 is 2.60 bits per heavy atom. The zero-order chi connectivity index (χ0) is 17.6. The highest BCUT2D eigenvalue weighted by Gasteiger charge is 2.25. The van der Waals surface area contributed by atoms with Gasteiger partial charge >= 0.3 is 0 Å². The minimum atomic E-state index is -0.0655. The highest BCUT2D eigenvalue weighted by molar-refractivity contribution is 5.79. The summed E-state index contributed by atoms with van der Waals surface area (Å²) < 4.78 is 16.4. The van der Waals surface area contributed by atoms with Gasteiger partial charge in [0.05, 0.1) is 33.8 Å². The van der Waals surface area contributed by atoms with Gasteiger partial charge in [-0.2, -0.15) is 0 Å². The smallest absolute Gasteiger partial charge is 0.227 e. The molecule has 0 bridgehead atoms. The Balaban J connectivity index is 1.67. The van der Waals surface area contributed by atoms with Crippen LogP contribution in [0.4, 0.5) is 0 Å². The number of methoxy groups -OCH3 is 2. The van der Waals surface area contributed by atoms with Crippen LogP contribution >= 0.6 is 0 Å². The Morgan fingerprint density at radius 2 is 1.88 bits per heavy atom. The van der Waals surface area contributed by atoms with Crippen molar-refractivity contribution in [2.75, 3.05) is 33.9 Å². The van der Waals surface area contributed by atoms with Crippen molar-refractivity contribution in [3.8, 4) is 11.5 Å². The first kappa shape index (κ1) is 17.3. The lowest BCUT2D eigenvalue weighted by Crippen LogP contribution is -2.42. The van der Waals surface area contributed by atoms with Gasteiger partial charge < -0.3 is 19.1 Å². The molecule has 0 radical (unpaired) electrons. The molecule has 0 unspecified atom stereocenters. The number of hydrogen-bond donors (Lipinski definition) is 0. The molecular weight excluding hydrogens is 318 g/mol. The fourth-order valence-electron chi connectivity index (χ4n) is 3.02. The molecule has 1 aliphatic rings. The first-order valence-electron chi connectivity index (χ1n) is 8.36. The molecule has 0 N–H and O–H groups in total. The predicted octanol–water partition coefficient (Wildman–Crippen LogP) is 2.85. The third kappa shape index (κ3) is 4.12. The van der Waals surface area contributed by atoms with E-state index in [2.05, 4.69) is 0 Å². The SMILES string of the molecule is COc1ccc(CC(=O)N2CCO[C@H](c3ccccc3)C2)cc1OC. The van der Waals surface area contributed by atoms with Crippen LogP contribution in [-0.4, -0.2) is 44.7 Å². The van der Waals surface area contributed by atoms with Crippen molar-refractivity contribution < 1.29 is 19.0 Å². The van der Waals surface area contributed by atoms with E-state index in [1.165, 1.54) is 0 Å². The van der Waals surface area contributed by atoms with E-state index in [0.717, 1.165) is 11.1 Å². The molecule has 5 nitrogen and oxygen atoms in total. The maximum atomic E-state index is 12.7. The highest BCUT2D eigenvalue weighted by atomic mass is 16.5. The predicted molar refractivity (Wildman–Crippen MR) is 95.0 cm³/mol. The third-order valence-electron chi connectivity index (χ3n) is 4.39. The number of benzene rings is 2. The second kappa shape index (κ2) is 8.03. The molecule has 5 heteroatoms. The number of ether oxygens (including phenoxy) is 3. The zero-order valence-electron chi connectivity index (χ0n) is 14.6. The fraction of sp³-hybridized carbons (Fsp3) is 0.350. The van der Waals surface area contributed by atoms with Gasteiger partial charge in [0, 0.05) is 6.54 Å². The van der Waals surface area contributed by atoms with Gasteiger partial charge in [0.15, 0.2) is 11.5 Å². The van der Waals surface area contributed by atoms with Crippen LogP contribution in [0.5, 0.6) is 11.5 Å². The molecule has 25 heavy (non-hydrogen) atoms. The quantitative estimate of drug-likeness (QED) is 0.839. The van der Waals surface area contributed by atoms with Crippen molar-refractivity contribution in [1.29, 1.82) is 0 Å². The Labute approximate surface area is 148 Å². The van der Waals surface area contributed by atoms with Gasteiger partial charge in [0.2, 0.25) is 5.91 Å². The average molecular weight is 341 g/mol. The molecule has 132 valence electrons. The summed E-state index contributed by atoms with van der Waals surface area (Å²) in [5, 5.41) is 0. The number of hydrogen-bond acceptors (Lipinski definition) is 4. The normalized spacial score (nSPS) is 17.2. The van der Waals surface area contributed by atoms with Gasteiger partial charge in [-0.05, 0) is 23.3 Å². The van der Waals surface area contributed by atoms with Crippen LogP contribution < -0.4 is 9.47 Å². The van der Waals surface area contributed by atoms with Crippen molar-refractivity contribution >= 4 is 5.91 Å². The standard InChI is InChI=1S/C20H23NO4/c1-23-17-9-8-15(12-18(17)24-2)13-20(22)21-10-11-25-19(14-21)16-6-4-3-5-7-16/h3-9,12,19H,10-11,13-14H2,1-2H3/t19-/m0/s1. The molecule has 2 aromatic rings. The molecule has 0 saturated carbocycles. The van der Waals surface area contributed by atoms with E-state index in [-0.39, 0.29) is 12.0 Å². The van der Waals surface area contributed by atoms with E-state index in [1.807, 2.05) is 53.4 Å². The first-order valence-corrected chi connectivity index (χ1v) is 8.36. The van der Waals surface area contributed by atoms with Gasteiger partial charge in [-0.1, -0.05) is 36.4 Å². The summed E-state index contributed by atoms with van der Waals surface area (Å²) >= 11 is 0. The van der Waals surface area contributed by atoms with Crippen LogP contribution in [0.25, 0.3) is 0 Å². The summed E-state index contributed by atoms with van der Waals surface area (Å²) in [7, 11) is 3.19. The Hall–Kier alpha value is -2.53. The van der Waals surface area contributed by atoms with Crippen LogP contribution in [0.15, 0.2) is 48.5 Å². The summed E-state index contributed by atoms with van der Waals surface area (Å²) in [5.74, 6) is 1.39. The topological polar surface area (TPSA) is 48.0 Å². The lowest BCUT2D eigenvalue weighted by molar-refractivity contribution is -0.138. The summed E-state index contributed by atoms with van der Waals surface area (Å²) in [6.07, 6.45) is 0.270. The number of carbonyl (C=O) groups is 1. The Bertz CT molecular complexity index is 717. The average Bonchev–Trinajstić information content (AvgIpc) is 2.68. The minimum Gasteiger partial charge on any atom is -0.493 e. The molecule has 0 aliphatic carbocycles. The molecular formula is C20H23NO4. The number of rotatable bonds is 5. The molecule has 2 aromatic carbocycles. The van der Waals surface area contributed by atoms with E-state index < -0.39 is 0 Å². The van der Waals surface area contributed by atoms with E-state index in [9.17, 15) is 4.79 Å². The molecule has 3 rings (SSSR count). The van der Waals surface area contributed by atoms with Gasteiger partial charge in [-0.3, -0.25) is 4.79 Å². The molecule has 1 fully saturated rings. The third-order valence-corrected chi connectivity index (χ3v) is 4.39. The van der Waals surface area contributed by atoms with Gasteiger partial charge in [0.1, 0.15) is 6.10 Å². The van der Waals surface area contributed by atoms with Gasteiger partial charge in [-0.25, -0.2) is 0 Å². The first-order chi connectivity index (χ1) is 12.2. The van der Waals surface area contributed by atoms with Crippen molar-refractivity contribution in [1.82, 2.24) is 4.90 Å². The number of nitrogens with zero attached hydrogens (tertiary/aromatic N) is 1. The van der Waals surface area contributed by atoms with Crippen molar-refractivity contribution in [3.05, 3.63) is 59.7 Å². The summed E-state index contributed by atoms with van der Waals surface area (Å²) in [4.78, 5) is 14.6. The second-order valence-corrected chi connectivity index (χ2v) is 5.98. The van der Waals surface area contributed by atoms with Crippen LogP contribution in [0.1, 0.15) is 17.2 Å². The van der Waals surface area contributed by atoms with Crippen LogP contribution in [0, 0.1) is 0 Å². The van der Waals surface area contributed by atoms with E-state index in [0.29, 0.717) is 37.6 Å². The lowest BCUT2D eigenvalue weighted by atomic mass is 10.1. The van der Waals surface area contributed by atoms with Gasteiger partial charge in [0.25, 0.3) is 0 Å². The highest BCUT2D eigenvalue weighted by Crippen LogP contribution is 2.28. The maximum Gasteiger partial charge on any atom is 0.227 e. The number of amides is 1. The molecule has 1 aliphatic heterocycles. The van der Waals surface area contributed by atoms with Crippen LogP contribution in [0.2, 0.25) is 0 Å². The molecule has 1 heterocycles. The van der Waals surface area contributed by atoms with E-state index in [4.69, 9.17) is 14.2 Å². The Kier molecular flexibility index (Phi) is 5.56. The fourth-order valence-corrected chi connectivity index (χ4v) is 3.02. The lowest BCUT2D eigenvalue weighted by Gasteiger charge is -2.33. The number of carbonyl (C=O) groups excluding carboxylic acids is 1. The summed E-state index contributed by atoms with van der Waals surface area (Å²) in [6.45, 7) is 1.75. The monoisotopic (exact) mass is 341 g/mol. The van der Waals surface area contributed by atoms with Crippen LogP contribution in [0.3, 0.4) is 0 Å². The number of morpholine rings is 1. The summed E-state index contributed by atoms with van der Waals surface area (Å²) in [5.41, 5.74) is 2.01.